The third-order valence-corrected chi connectivity index (χ3v) is 8.62. The third-order valence-electron chi connectivity index (χ3n) is 7.42. The second kappa shape index (κ2) is 14.5. The lowest BCUT2D eigenvalue weighted by Gasteiger charge is -2.36. The topological polar surface area (TPSA) is 82.8 Å². The van der Waals surface area contributed by atoms with Crippen molar-refractivity contribution in [2.24, 2.45) is 10.7 Å². The van der Waals surface area contributed by atoms with Crippen LogP contribution in [0, 0.1) is 0 Å². The van der Waals surface area contributed by atoms with Gasteiger partial charge < -0.3 is 21.3 Å². The van der Waals surface area contributed by atoms with E-state index in [2.05, 4.69) is 33.9 Å². The van der Waals surface area contributed by atoms with Crippen LogP contribution in [-0.4, -0.2) is 60.5 Å². The molecule has 6 nitrogen and oxygen atoms in total. The third kappa shape index (κ3) is 8.28. The Morgan fingerprint density at radius 2 is 1.95 bits per heavy atom. The molecule has 2 aromatic rings. The Labute approximate surface area is 241 Å². The molecule has 2 fully saturated rings. The number of nitrogens with one attached hydrogen (secondary N) is 2. The van der Waals surface area contributed by atoms with E-state index in [4.69, 9.17) is 33.9 Å². The van der Waals surface area contributed by atoms with Crippen molar-refractivity contribution in [2.75, 3.05) is 37.0 Å². The fourth-order valence-electron chi connectivity index (χ4n) is 5.37. The van der Waals surface area contributed by atoms with Crippen molar-refractivity contribution in [1.29, 1.82) is 0 Å². The molecule has 2 atom stereocenters. The van der Waals surface area contributed by atoms with Crippen LogP contribution in [0.1, 0.15) is 62.0 Å². The van der Waals surface area contributed by atoms with Gasteiger partial charge in [0.2, 0.25) is 5.91 Å². The minimum absolute atomic E-state index is 0.167. The summed E-state index contributed by atoms with van der Waals surface area (Å²) in [4.78, 5) is 19.6. The largest absolute Gasteiger partial charge is 0.370 e. The fraction of sp³-hybridized carbons (Fsp3) is 0.517. The quantitative estimate of drug-likeness (QED) is 0.247. The molecule has 9 heteroatoms. The summed E-state index contributed by atoms with van der Waals surface area (Å²) in [5, 5.41) is 8.41. The standard InChI is InChI=1S/C29H39Cl2N5OS/c1-38-16-13-24-19-36(15-14-33-24)29(34-22-5-3-2-4-6-22)35-23-10-7-20(8-11-23)26(18-28(32)37)25-12-9-21(30)17-27(25)31/h7-12,17,22,24,26,33H,2-6,13-16,18-19H2,1H3,(H2,32,37)(H,34,35)/t24-,26?/m0/s1. The highest BCUT2D eigenvalue weighted by Crippen LogP contribution is 2.35. The van der Waals surface area contributed by atoms with Crippen molar-refractivity contribution in [3.63, 3.8) is 0 Å². The number of anilines is 1. The summed E-state index contributed by atoms with van der Waals surface area (Å²) < 4.78 is 0. The lowest BCUT2D eigenvalue weighted by atomic mass is 9.88. The first-order valence-corrected chi connectivity index (χ1v) is 15.7. The summed E-state index contributed by atoms with van der Waals surface area (Å²) in [7, 11) is 0. The Balaban J connectivity index is 1.55. The number of guanidine groups is 1. The van der Waals surface area contributed by atoms with Gasteiger partial charge in [-0.2, -0.15) is 11.8 Å². The molecule has 1 aliphatic carbocycles. The number of nitrogens with zero attached hydrogens (tertiary/aromatic N) is 2. The second-order valence-corrected chi connectivity index (χ2v) is 12.1. The second-order valence-electron chi connectivity index (χ2n) is 10.3. The molecule has 206 valence electrons. The van der Waals surface area contributed by atoms with Crippen LogP contribution >= 0.6 is 35.0 Å². The van der Waals surface area contributed by atoms with Crippen molar-refractivity contribution < 1.29 is 4.79 Å². The van der Waals surface area contributed by atoms with E-state index in [1.165, 1.54) is 19.3 Å². The van der Waals surface area contributed by atoms with Gasteiger partial charge in [0.15, 0.2) is 5.96 Å². The van der Waals surface area contributed by atoms with E-state index >= 15 is 0 Å². The Kier molecular flexibility index (Phi) is 11.1. The lowest BCUT2D eigenvalue weighted by molar-refractivity contribution is -0.118. The molecule has 0 radical (unpaired) electrons. The van der Waals surface area contributed by atoms with E-state index in [1.54, 1.807) is 12.1 Å². The van der Waals surface area contributed by atoms with Gasteiger partial charge in [0.05, 0.1) is 6.04 Å². The molecule has 1 saturated heterocycles. The van der Waals surface area contributed by atoms with Gasteiger partial charge in [0.1, 0.15) is 0 Å². The zero-order chi connectivity index (χ0) is 26.9. The molecule has 4 rings (SSSR count). The number of thioether (sulfide) groups is 1. The van der Waals surface area contributed by atoms with E-state index in [1.807, 2.05) is 30.0 Å². The van der Waals surface area contributed by atoms with Gasteiger partial charge in [0, 0.05) is 53.7 Å². The molecule has 0 spiro atoms. The van der Waals surface area contributed by atoms with Crippen LogP contribution in [-0.2, 0) is 4.79 Å². The van der Waals surface area contributed by atoms with E-state index in [9.17, 15) is 4.79 Å². The predicted molar refractivity (Wildman–Crippen MR) is 163 cm³/mol. The monoisotopic (exact) mass is 575 g/mol. The first kappa shape index (κ1) is 29.1. The molecule has 1 amide bonds. The number of rotatable bonds is 9. The van der Waals surface area contributed by atoms with Gasteiger partial charge in [-0.1, -0.05) is 60.7 Å². The van der Waals surface area contributed by atoms with Crippen molar-refractivity contribution in [1.82, 2.24) is 10.2 Å². The number of nitrogens with two attached hydrogens (primary N) is 1. The molecule has 1 heterocycles. The average Bonchev–Trinajstić information content (AvgIpc) is 2.92. The number of hydrogen-bond donors (Lipinski definition) is 3. The van der Waals surface area contributed by atoms with Crippen LogP contribution in [0.2, 0.25) is 10.0 Å². The predicted octanol–water partition coefficient (Wildman–Crippen LogP) is 6.13. The minimum atomic E-state index is -0.375. The van der Waals surface area contributed by atoms with E-state index in [0.29, 0.717) is 22.1 Å². The Morgan fingerprint density at radius 1 is 1.18 bits per heavy atom. The van der Waals surface area contributed by atoms with Crippen LogP contribution in [0.25, 0.3) is 0 Å². The van der Waals surface area contributed by atoms with E-state index in [0.717, 1.165) is 67.4 Å². The number of benzene rings is 2. The molecule has 1 saturated carbocycles. The molecule has 0 bridgehead atoms. The van der Waals surface area contributed by atoms with E-state index < -0.39 is 0 Å². The molecule has 1 aliphatic heterocycles. The zero-order valence-corrected chi connectivity index (χ0v) is 24.4. The van der Waals surface area contributed by atoms with Crippen molar-refractivity contribution in [3.8, 4) is 0 Å². The maximum Gasteiger partial charge on any atom is 0.218 e. The lowest BCUT2D eigenvalue weighted by Crippen LogP contribution is -2.54. The molecule has 1 unspecified atom stereocenters. The molecule has 0 aromatic heterocycles. The molecule has 2 aromatic carbocycles. The number of amides is 1. The van der Waals surface area contributed by atoms with Gasteiger partial charge in [0.25, 0.3) is 0 Å². The molecule has 2 aliphatic rings. The number of halogens is 2. The van der Waals surface area contributed by atoms with Crippen molar-refractivity contribution in [3.05, 3.63) is 63.6 Å². The van der Waals surface area contributed by atoms with Crippen LogP contribution in [0.4, 0.5) is 5.69 Å². The van der Waals surface area contributed by atoms with Crippen LogP contribution in [0.5, 0.6) is 0 Å². The van der Waals surface area contributed by atoms with E-state index in [-0.39, 0.29) is 18.2 Å². The maximum atomic E-state index is 11.9. The van der Waals surface area contributed by atoms with Gasteiger partial charge in [-0.15, -0.1) is 0 Å². The van der Waals surface area contributed by atoms with Crippen LogP contribution in [0.3, 0.4) is 0 Å². The SMILES string of the molecule is CSCC[C@H]1CN(/C(=N\C2CCCCC2)Nc2ccc(C(CC(N)=O)c3ccc(Cl)cc3Cl)cc2)CCN1. The molecular weight excluding hydrogens is 537 g/mol. The first-order chi connectivity index (χ1) is 18.4. The van der Waals surface area contributed by atoms with Gasteiger partial charge in [-0.05, 0) is 66.7 Å². The Bertz CT molecular complexity index is 1090. The number of primary amides is 1. The summed E-state index contributed by atoms with van der Waals surface area (Å²) in [5.41, 5.74) is 8.40. The number of carbonyl (C=O) groups is 1. The minimum Gasteiger partial charge on any atom is -0.370 e. The highest BCUT2D eigenvalue weighted by atomic mass is 35.5. The first-order valence-electron chi connectivity index (χ1n) is 13.6. The normalized spacial score (nSPS) is 19.8. The number of piperazine rings is 1. The summed E-state index contributed by atoms with van der Waals surface area (Å²) in [5.74, 6) is 1.50. The van der Waals surface area contributed by atoms with Crippen LogP contribution < -0.4 is 16.4 Å². The molecular formula is C29H39Cl2N5OS. The number of carbonyl (C=O) groups excluding carboxylic acids is 1. The maximum absolute atomic E-state index is 11.9. The van der Waals surface area contributed by atoms with Crippen molar-refractivity contribution >= 4 is 52.5 Å². The molecule has 4 N–H and O–H groups in total. The summed E-state index contributed by atoms with van der Waals surface area (Å²) in [6, 6.07) is 14.4. The molecule has 38 heavy (non-hydrogen) atoms. The Hall–Kier alpha value is -1.93. The highest BCUT2D eigenvalue weighted by Gasteiger charge is 2.24. The smallest absolute Gasteiger partial charge is 0.218 e. The number of aliphatic imine (C=N–C) groups is 1. The summed E-state index contributed by atoms with van der Waals surface area (Å²) in [6.45, 7) is 2.84. The average molecular weight is 577 g/mol. The zero-order valence-electron chi connectivity index (χ0n) is 22.1. The highest BCUT2D eigenvalue weighted by molar-refractivity contribution is 7.98. The Morgan fingerprint density at radius 3 is 2.63 bits per heavy atom. The summed E-state index contributed by atoms with van der Waals surface area (Å²) >= 11 is 14.5. The number of hydrogen-bond acceptors (Lipinski definition) is 4. The van der Waals surface area contributed by atoms with Gasteiger partial charge >= 0.3 is 0 Å². The van der Waals surface area contributed by atoms with Gasteiger partial charge in [-0.25, -0.2) is 4.99 Å². The summed E-state index contributed by atoms with van der Waals surface area (Å²) in [6.07, 6.45) is 9.61. The fourth-order valence-corrected chi connectivity index (χ4v) is 6.43. The van der Waals surface area contributed by atoms with Gasteiger partial charge in [-0.3, -0.25) is 4.79 Å². The van der Waals surface area contributed by atoms with Crippen LogP contribution in [0.15, 0.2) is 47.5 Å². The van der Waals surface area contributed by atoms with Crippen molar-refractivity contribution in [2.45, 2.75) is 62.9 Å².